The second kappa shape index (κ2) is 4.94. The summed E-state index contributed by atoms with van der Waals surface area (Å²) in [7, 11) is 0. The van der Waals surface area contributed by atoms with Crippen LogP contribution < -0.4 is 9.47 Å². The molecule has 0 aliphatic carbocycles. The second-order valence-electron chi connectivity index (χ2n) is 4.24. The molecule has 0 fully saturated rings. The fourth-order valence-electron chi connectivity index (χ4n) is 1.95. The van der Waals surface area contributed by atoms with Crippen molar-refractivity contribution in [2.45, 2.75) is 6.10 Å². The van der Waals surface area contributed by atoms with Gasteiger partial charge in [-0.15, -0.1) is 0 Å². The summed E-state index contributed by atoms with van der Waals surface area (Å²) in [4.78, 5) is 12.3. The first-order valence-corrected chi connectivity index (χ1v) is 6.30. The number of rotatable bonds is 2. The fraction of sp³-hybridized carbons (Fsp3) is 0.133. The fourth-order valence-corrected chi connectivity index (χ4v) is 2.07. The molecule has 1 atom stereocenters. The van der Waals surface area contributed by atoms with E-state index in [1.807, 2.05) is 18.2 Å². The van der Waals surface area contributed by atoms with E-state index >= 15 is 0 Å². The van der Waals surface area contributed by atoms with Crippen molar-refractivity contribution in [1.82, 2.24) is 0 Å². The Morgan fingerprint density at radius 1 is 1.05 bits per heavy atom. The monoisotopic (exact) mass is 274 g/mol. The normalized spacial score (nSPS) is 17.0. The molecule has 4 heteroatoms. The lowest BCUT2D eigenvalue weighted by Crippen LogP contribution is -2.36. The van der Waals surface area contributed by atoms with Gasteiger partial charge in [0.15, 0.2) is 17.6 Å². The minimum atomic E-state index is -0.615. The summed E-state index contributed by atoms with van der Waals surface area (Å²) < 4.78 is 11.2. The van der Waals surface area contributed by atoms with Gasteiger partial charge in [-0.25, -0.2) is 0 Å². The maximum Gasteiger partial charge on any atom is 0.206 e. The van der Waals surface area contributed by atoms with Crippen molar-refractivity contribution in [2.24, 2.45) is 0 Å². The third-order valence-electron chi connectivity index (χ3n) is 2.93. The Bertz CT molecular complexity index is 607. The molecule has 2 aromatic carbocycles. The van der Waals surface area contributed by atoms with Crippen LogP contribution in [0.2, 0.25) is 5.02 Å². The number of halogens is 1. The average Bonchev–Trinajstić information content (AvgIpc) is 2.47. The molecular weight excluding hydrogens is 264 g/mol. The molecule has 0 radical (unpaired) electrons. The lowest BCUT2D eigenvalue weighted by atomic mass is 10.1. The molecule has 1 unspecified atom stereocenters. The Morgan fingerprint density at radius 2 is 1.74 bits per heavy atom. The van der Waals surface area contributed by atoms with Gasteiger partial charge < -0.3 is 9.47 Å². The van der Waals surface area contributed by atoms with Crippen molar-refractivity contribution >= 4 is 17.4 Å². The van der Waals surface area contributed by atoms with E-state index in [0.29, 0.717) is 22.1 Å². The molecule has 0 saturated heterocycles. The number of para-hydroxylation sites is 2. The predicted molar refractivity (Wildman–Crippen MR) is 72.1 cm³/mol. The largest absolute Gasteiger partial charge is 0.485 e. The number of benzene rings is 2. The number of hydrogen-bond donors (Lipinski definition) is 0. The van der Waals surface area contributed by atoms with Gasteiger partial charge in [0.2, 0.25) is 5.78 Å². The zero-order valence-electron chi connectivity index (χ0n) is 10.0. The molecule has 1 aliphatic heterocycles. The molecule has 0 amide bonds. The highest BCUT2D eigenvalue weighted by Crippen LogP contribution is 2.31. The number of Topliss-reactive ketones (excluding diaryl/α,β-unsaturated/α-hetero) is 1. The van der Waals surface area contributed by atoms with Gasteiger partial charge in [0.1, 0.15) is 6.61 Å². The van der Waals surface area contributed by atoms with Gasteiger partial charge in [0, 0.05) is 10.6 Å². The van der Waals surface area contributed by atoms with Crippen LogP contribution in [0.3, 0.4) is 0 Å². The summed E-state index contributed by atoms with van der Waals surface area (Å²) in [5, 5.41) is 0.600. The molecule has 0 saturated carbocycles. The number of hydrogen-bond acceptors (Lipinski definition) is 3. The first-order valence-electron chi connectivity index (χ1n) is 5.92. The van der Waals surface area contributed by atoms with Crippen LogP contribution in [0, 0.1) is 0 Å². The van der Waals surface area contributed by atoms with E-state index in [1.54, 1.807) is 30.3 Å². The van der Waals surface area contributed by atoms with Crippen molar-refractivity contribution in [3.8, 4) is 11.5 Å². The quantitative estimate of drug-likeness (QED) is 0.788. The Hall–Kier alpha value is -2.00. The molecule has 3 nitrogen and oxygen atoms in total. The van der Waals surface area contributed by atoms with Gasteiger partial charge >= 0.3 is 0 Å². The number of fused-ring (bicyclic) bond motifs is 1. The molecule has 1 heterocycles. The number of carbonyl (C=O) groups excluding carboxylic acids is 1. The molecule has 0 spiro atoms. The smallest absolute Gasteiger partial charge is 0.206 e. The van der Waals surface area contributed by atoms with Crippen LogP contribution in [-0.2, 0) is 0 Å². The molecule has 2 aromatic rings. The summed E-state index contributed by atoms with van der Waals surface area (Å²) >= 11 is 5.80. The summed E-state index contributed by atoms with van der Waals surface area (Å²) in [6.45, 7) is 0.221. The minimum Gasteiger partial charge on any atom is -0.485 e. The minimum absolute atomic E-state index is 0.105. The number of carbonyl (C=O) groups is 1. The van der Waals surface area contributed by atoms with Gasteiger partial charge in [0.25, 0.3) is 0 Å². The Labute approximate surface area is 115 Å². The first kappa shape index (κ1) is 12.1. The van der Waals surface area contributed by atoms with Crippen LogP contribution in [0.25, 0.3) is 0 Å². The highest BCUT2D eigenvalue weighted by Gasteiger charge is 2.27. The Morgan fingerprint density at radius 3 is 2.47 bits per heavy atom. The van der Waals surface area contributed by atoms with Crippen LogP contribution in [-0.4, -0.2) is 18.5 Å². The zero-order valence-corrected chi connectivity index (χ0v) is 10.8. The lowest BCUT2D eigenvalue weighted by molar-refractivity contribution is 0.0586. The highest BCUT2D eigenvalue weighted by atomic mass is 35.5. The van der Waals surface area contributed by atoms with Crippen molar-refractivity contribution < 1.29 is 14.3 Å². The van der Waals surface area contributed by atoms with Gasteiger partial charge in [-0.1, -0.05) is 23.7 Å². The summed E-state index contributed by atoms with van der Waals surface area (Å²) in [5.74, 6) is 1.16. The topological polar surface area (TPSA) is 35.5 Å². The maximum absolute atomic E-state index is 12.3. The predicted octanol–water partition coefficient (Wildman–Crippen LogP) is 3.36. The van der Waals surface area contributed by atoms with Gasteiger partial charge in [-0.05, 0) is 36.4 Å². The van der Waals surface area contributed by atoms with E-state index in [1.165, 1.54) is 0 Å². The SMILES string of the molecule is O=C(c1ccc(Cl)cc1)C1COc2ccccc2O1. The van der Waals surface area contributed by atoms with Crippen LogP contribution in [0.4, 0.5) is 0 Å². The number of ether oxygens (including phenoxy) is 2. The first-order chi connectivity index (χ1) is 9.24. The Kier molecular flexibility index (Phi) is 3.13. The average molecular weight is 275 g/mol. The molecule has 0 aromatic heterocycles. The van der Waals surface area contributed by atoms with Crippen molar-refractivity contribution in [2.75, 3.05) is 6.61 Å². The molecule has 96 valence electrons. The van der Waals surface area contributed by atoms with Crippen molar-refractivity contribution in [3.05, 3.63) is 59.1 Å². The van der Waals surface area contributed by atoms with E-state index in [4.69, 9.17) is 21.1 Å². The van der Waals surface area contributed by atoms with Crippen LogP contribution in [0.5, 0.6) is 11.5 Å². The number of ketones is 1. The standard InChI is InChI=1S/C15H11ClO3/c16-11-7-5-10(6-8-11)15(17)14-9-18-12-3-1-2-4-13(12)19-14/h1-8,14H,9H2. The Balaban J connectivity index is 1.81. The van der Waals surface area contributed by atoms with Crippen LogP contribution in [0.15, 0.2) is 48.5 Å². The molecular formula is C15H11ClO3. The van der Waals surface area contributed by atoms with E-state index in [9.17, 15) is 4.79 Å². The molecule has 1 aliphatic rings. The van der Waals surface area contributed by atoms with E-state index in [-0.39, 0.29) is 12.4 Å². The van der Waals surface area contributed by atoms with Crippen molar-refractivity contribution in [3.63, 3.8) is 0 Å². The lowest BCUT2D eigenvalue weighted by Gasteiger charge is -2.25. The second-order valence-corrected chi connectivity index (χ2v) is 4.67. The van der Waals surface area contributed by atoms with Gasteiger partial charge in [-0.2, -0.15) is 0 Å². The maximum atomic E-state index is 12.3. The highest BCUT2D eigenvalue weighted by molar-refractivity contribution is 6.30. The molecule has 19 heavy (non-hydrogen) atoms. The third kappa shape index (κ3) is 2.42. The van der Waals surface area contributed by atoms with E-state index in [2.05, 4.69) is 0 Å². The van der Waals surface area contributed by atoms with Crippen LogP contribution in [0.1, 0.15) is 10.4 Å². The third-order valence-corrected chi connectivity index (χ3v) is 3.18. The van der Waals surface area contributed by atoms with Gasteiger partial charge in [-0.3, -0.25) is 4.79 Å². The summed E-state index contributed by atoms with van der Waals surface area (Å²) in [6, 6.07) is 14.1. The van der Waals surface area contributed by atoms with Crippen molar-refractivity contribution in [1.29, 1.82) is 0 Å². The molecule has 0 bridgehead atoms. The molecule has 0 N–H and O–H groups in total. The van der Waals surface area contributed by atoms with Crippen LogP contribution >= 0.6 is 11.6 Å². The van der Waals surface area contributed by atoms with Gasteiger partial charge in [0.05, 0.1) is 0 Å². The molecule has 3 rings (SSSR count). The zero-order chi connectivity index (χ0) is 13.2. The summed E-state index contributed by atoms with van der Waals surface area (Å²) in [5.41, 5.74) is 0.567. The van der Waals surface area contributed by atoms with E-state index < -0.39 is 6.10 Å². The van der Waals surface area contributed by atoms with E-state index in [0.717, 1.165) is 0 Å². The summed E-state index contributed by atoms with van der Waals surface area (Å²) in [6.07, 6.45) is -0.615.